The summed E-state index contributed by atoms with van der Waals surface area (Å²) < 4.78 is 1.77. The minimum atomic E-state index is -0.236. The highest BCUT2D eigenvalue weighted by molar-refractivity contribution is 5.88. The number of amides is 2. The number of aryl methyl sites for hydroxylation is 1. The van der Waals surface area contributed by atoms with E-state index in [0.717, 1.165) is 6.54 Å². The van der Waals surface area contributed by atoms with E-state index in [1.807, 2.05) is 25.1 Å². The highest BCUT2D eigenvalue weighted by Gasteiger charge is 2.21. The first kappa shape index (κ1) is 18.0. The van der Waals surface area contributed by atoms with Crippen LogP contribution in [0.4, 0.5) is 10.5 Å². The first-order chi connectivity index (χ1) is 11.4. The molecule has 0 aliphatic carbocycles. The van der Waals surface area contributed by atoms with Crippen LogP contribution in [0.15, 0.2) is 42.7 Å². The zero-order valence-electron chi connectivity index (χ0n) is 14.8. The molecule has 6 heteroatoms. The fourth-order valence-electron chi connectivity index (χ4n) is 2.54. The molecule has 1 unspecified atom stereocenters. The monoisotopic (exact) mass is 329 g/mol. The lowest BCUT2D eigenvalue weighted by Gasteiger charge is -2.30. The summed E-state index contributed by atoms with van der Waals surface area (Å²) in [5.41, 5.74) is 1.68. The van der Waals surface area contributed by atoms with E-state index in [1.54, 1.807) is 17.1 Å². The van der Waals surface area contributed by atoms with Crippen LogP contribution in [0.2, 0.25) is 0 Å². The van der Waals surface area contributed by atoms with Crippen molar-refractivity contribution >= 4 is 11.7 Å². The van der Waals surface area contributed by atoms with E-state index in [-0.39, 0.29) is 17.6 Å². The quantitative estimate of drug-likeness (QED) is 0.731. The number of nitrogens with one attached hydrogen (secondary N) is 3. The van der Waals surface area contributed by atoms with Crippen LogP contribution in [-0.4, -0.2) is 27.9 Å². The number of urea groups is 1. The number of hydrogen-bond donors (Lipinski definition) is 3. The van der Waals surface area contributed by atoms with Gasteiger partial charge >= 0.3 is 6.03 Å². The van der Waals surface area contributed by atoms with Crippen molar-refractivity contribution in [2.24, 2.45) is 0 Å². The van der Waals surface area contributed by atoms with Crippen LogP contribution in [0.3, 0.4) is 0 Å². The van der Waals surface area contributed by atoms with Crippen LogP contribution in [0.25, 0.3) is 0 Å². The normalized spacial score (nSPS) is 12.7. The third kappa shape index (κ3) is 5.38. The van der Waals surface area contributed by atoms with Crippen molar-refractivity contribution in [3.8, 4) is 0 Å². The zero-order valence-corrected chi connectivity index (χ0v) is 14.8. The fourth-order valence-corrected chi connectivity index (χ4v) is 2.54. The second-order valence-electron chi connectivity index (χ2n) is 6.55. The number of anilines is 1. The number of carbonyl (C=O) groups is 1. The number of nitrogens with zero attached hydrogens (tertiary/aromatic N) is 2. The van der Waals surface area contributed by atoms with Gasteiger partial charge in [-0.2, -0.15) is 5.10 Å². The Kier molecular flexibility index (Phi) is 5.98. The maximum atomic E-state index is 12.0. The van der Waals surface area contributed by atoms with Gasteiger partial charge in [-0.3, -0.25) is 4.68 Å². The van der Waals surface area contributed by atoms with Gasteiger partial charge in [-0.05, 0) is 33.3 Å². The van der Waals surface area contributed by atoms with Crippen LogP contribution in [0.1, 0.15) is 39.3 Å². The maximum Gasteiger partial charge on any atom is 0.319 e. The minimum absolute atomic E-state index is 0.203. The maximum absolute atomic E-state index is 12.0. The third-order valence-corrected chi connectivity index (χ3v) is 3.81. The smallest absolute Gasteiger partial charge is 0.319 e. The van der Waals surface area contributed by atoms with Crippen molar-refractivity contribution in [3.05, 3.63) is 48.3 Å². The van der Waals surface area contributed by atoms with Gasteiger partial charge in [-0.1, -0.05) is 30.3 Å². The molecular formula is C18H27N5O. The third-order valence-electron chi connectivity index (χ3n) is 3.81. The molecule has 0 spiro atoms. The molecule has 6 nitrogen and oxygen atoms in total. The second-order valence-corrected chi connectivity index (χ2v) is 6.55. The van der Waals surface area contributed by atoms with Crippen molar-refractivity contribution in [2.45, 2.75) is 45.8 Å². The first-order valence-electron chi connectivity index (χ1n) is 8.29. The number of benzene rings is 1. The number of hydrogen-bond acceptors (Lipinski definition) is 3. The average molecular weight is 329 g/mol. The molecule has 2 amide bonds. The SMILES string of the molecule is CCn1cc(NC(=O)NCC(C)(C)NC(C)c2ccccc2)cn1. The lowest BCUT2D eigenvalue weighted by atomic mass is 10.0. The van der Waals surface area contributed by atoms with E-state index in [4.69, 9.17) is 0 Å². The van der Waals surface area contributed by atoms with Gasteiger partial charge in [0.15, 0.2) is 0 Å². The lowest BCUT2D eigenvalue weighted by Crippen LogP contribution is -2.50. The van der Waals surface area contributed by atoms with Crippen molar-refractivity contribution in [3.63, 3.8) is 0 Å². The van der Waals surface area contributed by atoms with Gasteiger partial charge in [-0.25, -0.2) is 4.79 Å². The summed E-state index contributed by atoms with van der Waals surface area (Å²) in [7, 11) is 0. The molecule has 2 rings (SSSR count). The van der Waals surface area contributed by atoms with Gasteiger partial charge in [0.05, 0.1) is 11.9 Å². The van der Waals surface area contributed by atoms with Crippen LogP contribution >= 0.6 is 0 Å². The molecule has 130 valence electrons. The molecule has 1 atom stereocenters. The number of rotatable bonds is 7. The highest BCUT2D eigenvalue weighted by Crippen LogP contribution is 2.15. The second kappa shape index (κ2) is 7.97. The average Bonchev–Trinajstić information content (AvgIpc) is 3.01. The van der Waals surface area contributed by atoms with E-state index in [9.17, 15) is 4.79 Å². The first-order valence-corrected chi connectivity index (χ1v) is 8.29. The van der Waals surface area contributed by atoms with E-state index in [2.05, 4.69) is 54.0 Å². The molecule has 0 bridgehead atoms. The summed E-state index contributed by atoms with van der Waals surface area (Å²) in [5, 5.41) is 13.4. The Labute approximate surface area is 143 Å². The van der Waals surface area contributed by atoms with E-state index < -0.39 is 0 Å². The van der Waals surface area contributed by atoms with Gasteiger partial charge in [0.25, 0.3) is 0 Å². The van der Waals surface area contributed by atoms with E-state index >= 15 is 0 Å². The van der Waals surface area contributed by atoms with E-state index in [1.165, 1.54) is 5.56 Å². The lowest BCUT2D eigenvalue weighted by molar-refractivity contribution is 0.246. The molecule has 3 N–H and O–H groups in total. The van der Waals surface area contributed by atoms with Crippen molar-refractivity contribution in [2.75, 3.05) is 11.9 Å². The number of aromatic nitrogens is 2. The van der Waals surface area contributed by atoms with E-state index in [0.29, 0.717) is 12.2 Å². The van der Waals surface area contributed by atoms with Crippen LogP contribution in [0.5, 0.6) is 0 Å². The van der Waals surface area contributed by atoms with Crippen LogP contribution in [-0.2, 0) is 6.54 Å². The van der Waals surface area contributed by atoms with Crippen LogP contribution < -0.4 is 16.0 Å². The molecule has 0 aliphatic rings. The van der Waals surface area contributed by atoms with Crippen molar-refractivity contribution in [1.29, 1.82) is 0 Å². The van der Waals surface area contributed by atoms with Crippen LogP contribution in [0, 0.1) is 0 Å². The largest absolute Gasteiger partial charge is 0.336 e. The Bertz CT molecular complexity index is 650. The molecule has 1 aromatic carbocycles. The van der Waals surface area contributed by atoms with Crippen molar-refractivity contribution < 1.29 is 4.79 Å². The highest BCUT2D eigenvalue weighted by atomic mass is 16.2. The summed E-state index contributed by atoms with van der Waals surface area (Å²) in [6.45, 7) is 9.55. The predicted octanol–water partition coefficient (Wildman–Crippen LogP) is 3.15. The predicted molar refractivity (Wildman–Crippen MR) is 97.0 cm³/mol. The minimum Gasteiger partial charge on any atom is -0.336 e. The molecule has 0 fully saturated rings. The Morgan fingerprint density at radius 1 is 1.29 bits per heavy atom. The molecule has 0 saturated heterocycles. The molecular weight excluding hydrogens is 302 g/mol. The summed E-state index contributed by atoms with van der Waals surface area (Å²) >= 11 is 0. The molecule has 1 heterocycles. The summed E-state index contributed by atoms with van der Waals surface area (Å²) in [6.07, 6.45) is 3.45. The molecule has 0 radical (unpaired) electrons. The van der Waals surface area contributed by atoms with Gasteiger partial charge in [0.2, 0.25) is 0 Å². The topological polar surface area (TPSA) is 71.0 Å². The molecule has 0 saturated carbocycles. The summed E-state index contributed by atoms with van der Waals surface area (Å²) in [5.74, 6) is 0. The van der Waals surface area contributed by atoms with Gasteiger partial charge in [0, 0.05) is 30.9 Å². The Morgan fingerprint density at radius 3 is 2.62 bits per heavy atom. The summed E-state index contributed by atoms with van der Waals surface area (Å²) in [4.78, 5) is 12.0. The van der Waals surface area contributed by atoms with Gasteiger partial charge < -0.3 is 16.0 Å². The van der Waals surface area contributed by atoms with Crippen molar-refractivity contribution in [1.82, 2.24) is 20.4 Å². The van der Waals surface area contributed by atoms with Gasteiger partial charge in [0.1, 0.15) is 0 Å². The van der Waals surface area contributed by atoms with Gasteiger partial charge in [-0.15, -0.1) is 0 Å². The molecule has 1 aromatic heterocycles. The zero-order chi connectivity index (χ0) is 17.6. The Balaban J connectivity index is 1.81. The Hall–Kier alpha value is -2.34. The fraction of sp³-hybridized carbons (Fsp3) is 0.444. The summed E-state index contributed by atoms with van der Waals surface area (Å²) in [6, 6.07) is 10.2. The Morgan fingerprint density at radius 2 is 2.00 bits per heavy atom. The molecule has 0 aliphatic heterocycles. The standard InChI is InChI=1S/C18H27N5O/c1-5-23-12-16(11-20-23)21-17(24)19-13-18(3,4)22-14(2)15-9-7-6-8-10-15/h6-12,14,22H,5,13H2,1-4H3,(H2,19,21,24). The molecule has 2 aromatic rings. The molecule has 24 heavy (non-hydrogen) atoms. The number of carbonyl (C=O) groups excluding carboxylic acids is 1.